The fourth-order valence-electron chi connectivity index (χ4n) is 2.01. The third-order valence-corrected chi connectivity index (χ3v) is 2.74. The molecule has 0 atom stereocenters. The summed E-state index contributed by atoms with van der Waals surface area (Å²) in [6.45, 7) is 3.84. The van der Waals surface area contributed by atoms with Gasteiger partial charge in [0.15, 0.2) is 0 Å². The van der Waals surface area contributed by atoms with E-state index in [1.807, 2.05) is 19.9 Å². The summed E-state index contributed by atoms with van der Waals surface area (Å²) in [5.74, 6) is -0.419. The van der Waals surface area contributed by atoms with Gasteiger partial charge in [-0.1, -0.05) is 0 Å². The lowest BCUT2D eigenvalue weighted by Crippen LogP contribution is -2.20. The maximum atomic E-state index is 11.0. The Balaban J connectivity index is 2.51. The van der Waals surface area contributed by atoms with Crippen LogP contribution < -0.4 is 11.5 Å². The van der Waals surface area contributed by atoms with Crippen LogP contribution in [0.3, 0.4) is 0 Å². The lowest BCUT2D eigenvalue weighted by molar-refractivity contribution is -0.118. The molecular formula is C12H15N5O. The second-order valence-electron chi connectivity index (χ2n) is 4.18. The van der Waals surface area contributed by atoms with Crippen molar-refractivity contribution in [2.75, 3.05) is 5.73 Å². The number of nitrogens with two attached hydrogens (primary N) is 2. The fourth-order valence-corrected chi connectivity index (χ4v) is 2.01. The number of nitrogen functional groups attached to an aromatic ring is 1. The van der Waals surface area contributed by atoms with Crippen LogP contribution in [0, 0.1) is 13.8 Å². The molecular weight excluding hydrogens is 230 g/mol. The Kier molecular flexibility index (Phi) is 3.01. The van der Waals surface area contributed by atoms with Crippen molar-refractivity contribution in [2.24, 2.45) is 5.73 Å². The SMILES string of the molecule is Cc1nn(CC(N)=O)c(C)c1-c1cncc(N)c1. The van der Waals surface area contributed by atoms with E-state index in [9.17, 15) is 4.79 Å². The van der Waals surface area contributed by atoms with Crippen LogP contribution in [-0.4, -0.2) is 20.7 Å². The Morgan fingerprint density at radius 1 is 1.39 bits per heavy atom. The van der Waals surface area contributed by atoms with Crippen LogP contribution in [0.4, 0.5) is 5.69 Å². The number of aryl methyl sites for hydroxylation is 1. The smallest absolute Gasteiger partial charge is 0.239 e. The number of hydrogen-bond donors (Lipinski definition) is 2. The van der Waals surface area contributed by atoms with E-state index < -0.39 is 5.91 Å². The van der Waals surface area contributed by atoms with E-state index in [0.717, 1.165) is 22.5 Å². The summed E-state index contributed by atoms with van der Waals surface area (Å²) in [4.78, 5) is 15.0. The molecule has 0 aliphatic carbocycles. The highest BCUT2D eigenvalue weighted by Crippen LogP contribution is 2.27. The van der Waals surface area contributed by atoms with Crippen molar-refractivity contribution < 1.29 is 4.79 Å². The molecule has 2 rings (SSSR count). The first-order valence-corrected chi connectivity index (χ1v) is 5.52. The Bertz CT molecular complexity index is 603. The summed E-state index contributed by atoms with van der Waals surface area (Å²) in [7, 11) is 0. The number of carbonyl (C=O) groups is 1. The third-order valence-electron chi connectivity index (χ3n) is 2.74. The van der Waals surface area contributed by atoms with Crippen LogP contribution in [0.2, 0.25) is 0 Å². The van der Waals surface area contributed by atoms with Gasteiger partial charge in [0, 0.05) is 29.2 Å². The summed E-state index contributed by atoms with van der Waals surface area (Å²) < 4.78 is 1.59. The van der Waals surface area contributed by atoms with Crippen molar-refractivity contribution >= 4 is 11.6 Å². The van der Waals surface area contributed by atoms with Gasteiger partial charge in [-0.3, -0.25) is 14.5 Å². The Hall–Kier alpha value is -2.37. The average Bonchev–Trinajstić information content (AvgIpc) is 2.53. The highest BCUT2D eigenvalue weighted by molar-refractivity contribution is 5.75. The minimum atomic E-state index is -0.419. The Labute approximate surface area is 105 Å². The summed E-state index contributed by atoms with van der Waals surface area (Å²) in [6.07, 6.45) is 3.31. The Morgan fingerprint density at radius 3 is 2.72 bits per heavy atom. The summed E-state index contributed by atoms with van der Waals surface area (Å²) >= 11 is 0. The molecule has 94 valence electrons. The van der Waals surface area contributed by atoms with E-state index in [2.05, 4.69) is 10.1 Å². The molecule has 1 amide bonds. The third kappa shape index (κ3) is 2.17. The molecule has 4 N–H and O–H groups in total. The summed E-state index contributed by atoms with van der Waals surface area (Å²) in [6, 6.07) is 1.83. The van der Waals surface area contributed by atoms with Crippen molar-refractivity contribution in [3.8, 4) is 11.1 Å². The topological polar surface area (TPSA) is 99.8 Å². The van der Waals surface area contributed by atoms with Gasteiger partial charge in [0.1, 0.15) is 6.54 Å². The van der Waals surface area contributed by atoms with E-state index in [4.69, 9.17) is 11.5 Å². The molecule has 6 nitrogen and oxygen atoms in total. The van der Waals surface area contributed by atoms with Crippen LogP contribution >= 0.6 is 0 Å². The molecule has 0 bridgehead atoms. The monoisotopic (exact) mass is 245 g/mol. The zero-order valence-corrected chi connectivity index (χ0v) is 10.3. The van der Waals surface area contributed by atoms with Gasteiger partial charge in [0.05, 0.1) is 11.4 Å². The van der Waals surface area contributed by atoms with Gasteiger partial charge in [-0.25, -0.2) is 0 Å². The predicted molar refractivity (Wildman–Crippen MR) is 68.5 cm³/mol. The van der Waals surface area contributed by atoms with Crippen LogP contribution in [0.15, 0.2) is 18.5 Å². The van der Waals surface area contributed by atoms with Crippen molar-refractivity contribution in [1.82, 2.24) is 14.8 Å². The van der Waals surface area contributed by atoms with E-state index in [1.165, 1.54) is 0 Å². The summed E-state index contributed by atoms with van der Waals surface area (Å²) in [5.41, 5.74) is 15.0. The average molecular weight is 245 g/mol. The first kappa shape index (κ1) is 12.1. The fraction of sp³-hybridized carbons (Fsp3) is 0.250. The lowest BCUT2D eigenvalue weighted by atomic mass is 10.1. The van der Waals surface area contributed by atoms with Gasteiger partial charge >= 0.3 is 0 Å². The predicted octanol–water partition coefficient (Wildman–Crippen LogP) is 0.629. The van der Waals surface area contributed by atoms with Gasteiger partial charge < -0.3 is 11.5 Å². The number of pyridine rings is 1. The van der Waals surface area contributed by atoms with Crippen LogP contribution in [0.1, 0.15) is 11.4 Å². The molecule has 0 fully saturated rings. The van der Waals surface area contributed by atoms with Crippen molar-refractivity contribution in [2.45, 2.75) is 20.4 Å². The molecule has 0 saturated carbocycles. The molecule has 6 heteroatoms. The normalized spacial score (nSPS) is 10.6. The zero-order valence-electron chi connectivity index (χ0n) is 10.3. The first-order chi connectivity index (χ1) is 8.49. The number of rotatable bonds is 3. The van der Waals surface area contributed by atoms with Gasteiger partial charge in [0.2, 0.25) is 5.91 Å². The van der Waals surface area contributed by atoms with Crippen molar-refractivity contribution in [3.63, 3.8) is 0 Å². The number of hydrogen-bond acceptors (Lipinski definition) is 4. The van der Waals surface area contributed by atoms with Gasteiger partial charge in [-0.15, -0.1) is 0 Å². The lowest BCUT2D eigenvalue weighted by Gasteiger charge is -2.04. The zero-order chi connectivity index (χ0) is 13.3. The minimum Gasteiger partial charge on any atom is -0.397 e. The Morgan fingerprint density at radius 2 is 2.11 bits per heavy atom. The van der Waals surface area contributed by atoms with Crippen molar-refractivity contribution in [1.29, 1.82) is 0 Å². The van der Waals surface area contributed by atoms with Gasteiger partial charge in [0.25, 0.3) is 0 Å². The number of primary amides is 1. The molecule has 2 aromatic rings. The van der Waals surface area contributed by atoms with Crippen LogP contribution in [0.5, 0.6) is 0 Å². The first-order valence-electron chi connectivity index (χ1n) is 5.52. The second-order valence-corrected chi connectivity index (χ2v) is 4.18. The number of anilines is 1. The molecule has 18 heavy (non-hydrogen) atoms. The van der Waals surface area contributed by atoms with E-state index in [1.54, 1.807) is 17.1 Å². The quantitative estimate of drug-likeness (QED) is 0.828. The molecule has 0 aliphatic rings. The highest BCUT2D eigenvalue weighted by Gasteiger charge is 2.14. The number of aromatic nitrogens is 3. The molecule has 2 heterocycles. The van der Waals surface area contributed by atoms with Gasteiger partial charge in [-0.2, -0.15) is 5.10 Å². The molecule has 0 radical (unpaired) electrons. The molecule has 0 saturated heterocycles. The molecule has 0 unspecified atom stereocenters. The summed E-state index contributed by atoms with van der Waals surface area (Å²) in [5, 5.41) is 4.30. The maximum Gasteiger partial charge on any atom is 0.239 e. The largest absolute Gasteiger partial charge is 0.397 e. The highest BCUT2D eigenvalue weighted by atomic mass is 16.1. The molecule has 0 spiro atoms. The van der Waals surface area contributed by atoms with Crippen LogP contribution in [0.25, 0.3) is 11.1 Å². The number of amides is 1. The van der Waals surface area contributed by atoms with E-state index in [-0.39, 0.29) is 6.54 Å². The molecule has 2 aromatic heterocycles. The standard InChI is InChI=1S/C12H15N5O/c1-7-12(9-3-10(13)5-15-4-9)8(2)17(16-7)6-11(14)18/h3-5H,6,13H2,1-2H3,(H2,14,18). The molecule has 0 aromatic carbocycles. The minimum absolute atomic E-state index is 0.0718. The van der Waals surface area contributed by atoms with Crippen molar-refractivity contribution in [3.05, 3.63) is 29.8 Å². The van der Waals surface area contributed by atoms with Gasteiger partial charge in [-0.05, 0) is 19.9 Å². The maximum absolute atomic E-state index is 11.0. The van der Waals surface area contributed by atoms with E-state index >= 15 is 0 Å². The molecule has 0 aliphatic heterocycles. The second kappa shape index (κ2) is 4.48. The number of nitrogens with zero attached hydrogens (tertiary/aromatic N) is 3. The van der Waals surface area contributed by atoms with Crippen LogP contribution in [-0.2, 0) is 11.3 Å². The van der Waals surface area contributed by atoms with E-state index in [0.29, 0.717) is 5.69 Å². The number of carbonyl (C=O) groups excluding carboxylic acids is 1.